The lowest BCUT2D eigenvalue weighted by Crippen LogP contribution is -2.15. The Kier molecular flexibility index (Phi) is 4.12. The predicted molar refractivity (Wildman–Crippen MR) is 81.3 cm³/mol. The maximum absolute atomic E-state index is 12.3. The molecule has 1 heterocycles. The Hall–Kier alpha value is -1.12. The van der Waals surface area contributed by atoms with Gasteiger partial charge in [0.25, 0.3) is 10.0 Å². The molecule has 0 aliphatic heterocycles. The molecule has 0 aliphatic rings. The number of anilines is 2. The second-order valence-corrected chi connectivity index (χ2v) is 7.04. The summed E-state index contributed by atoms with van der Waals surface area (Å²) < 4.78 is 28.1. The quantitative estimate of drug-likeness (QED) is 0.820. The SMILES string of the molecule is Nc1ncc(Br)cc1S(=O)(=O)Nc1ccccc1Br. The van der Waals surface area contributed by atoms with Crippen LogP contribution in [0.1, 0.15) is 0 Å². The van der Waals surface area contributed by atoms with Gasteiger partial charge in [-0.1, -0.05) is 12.1 Å². The van der Waals surface area contributed by atoms with E-state index < -0.39 is 10.0 Å². The van der Waals surface area contributed by atoms with Crippen LogP contribution in [0.2, 0.25) is 0 Å². The van der Waals surface area contributed by atoms with E-state index in [9.17, 15) is 8.42 Å². The number of sulfonamides is 1. The van der Waals surface area contributed by atoms with Crippen molar-refractivity contribution in [1.82, 2.24) is 4.98 Å². The van der Waals surface area contributed by atoms with Crippen molar-refractivity contribution in [2.75, 3.05) is 10.5 Å². The summed E-state index contributed by atoms with van der Waals surface area (Å²) in [6.07, 6.45) is 1.44. The monoisotopic (exact) mass is 405 g/mol. The van der Waals surface area contributed by atoms with Crippen LogP contribution < -0.4 is 10.5 Å². The lowest BCUT2D eigenvalue weighted by Gasteiger charge is -2.11. The van der Waals surface area contributed by atoms with Crippen LogP contribution in [-0.4, -0.2) is 13.4 Å². The van der Waals surface area contributed by atoms with Gasteiger partial charge >= 0.3 is 0 Å². The highest BCUT2D eigenvalue weighted by Crippen LogP contribution is 2.27. The summed E-state index contributed by atoms with van der Waals surface area (Å²) in [6.45, 7) is 0. The summed E-state index contributed by atoms with van der Waals surface area (Å²) in [7, 11) is -3.79. The average Bonchev–Trinajstić information content (AvgIpc) is 2.35. The molecule has 0 fully saturated rings. The number of halogens is 2. The van der Waals surface area contributed by atoms with Gasteiger partial charge in [-0.05, 0) is 50.1 Å². The van der Waals surface area contributed by atoms with Crippen molar-refractivity contribution < 1.29 is 8.42 Å². The average molecular weight is 407 g/mol. The summed E-state index contributed by atoms with van der Waals surface area (Å²) in [5.74, 6) is -0.0530. The summed E-state index contributed by atoms with van der Waals surface area (Å²) in [5, 5.41) is 0. The molecule has 8 heteroatoms. The van der Waals surface area contributed by atoms with Crippen LogP contribution in [-0.2, 0) is 10.0 Å². The summed E-state index contributed by atoms with van der Waals surface area (Å²) >= 11 is 6.44. The van der Waals surface area contributed by atoms with Gasteiger partial charge in [-0.2, -0.15) is 0 Å². The zero-order chi connectivity index (χ0) is 14.0. The minimum Gasteiger partial charge on any atom is -0.383 e. The zero-order valence-electron chi connectivity index (χ0n) is 9.47. The first kappa shape index (κ1) is 14.3. The van der Waals surface area contributed by atoms with Crippen molar-refractivity contribution in [3.63, 3.8) is 0 Å². The molecular weight excluding hydrogens is 398 g/mol. The number of nitrogens with zero attached hydrogens (tertiary/aromatic N) is 1. The van der Waals surface area contributed by atoms with E-state index in [1.54, 1.807) is 24.3 Å². The molecule has 3 N–H and O–H groups in total. The molecule has 0 aliphatic carbocycles. The molecule has 0 radical (unpaired) electrons. The van der Waals surface area contributed by atoms with Crippen LogP contribution in [0.25, 0.3) is 0 Å². The third kappa shape index (κ3) is 3.26. The number of nitrogens with two attached hydrogens (primary N) is 1. The summed E-state index contributed by atoms with van der Waals surface area (Å²) in [6, 6.07) is 8.30. The minimum atomic E-state index is -3.79. The van der Waals surface area contributed by atoms with E-state index in [1.165, 1.54) is 12.3 Å². The maximum Gasteiger partial charge on any atom is 0.265 e. The fraction of sp³-hybridized carbons (Fsp3) is 0. The van der Waals surface area contributed by atoms with Crippen LogP contribution in [0, 0.1) is 0 Å². The molecule has 2 rings (SSSR count). The van der Waals surface area contributed by atoms with Gasteiger partial charge in [0, 0.05) is 15.1 Å². The van der Waals surface area contributed by atoms with E-state index >= 15 is 0 Å². The summed E-state index contributed by atoms with van der Waals surface area (Å²) in [5.41, 5.74) is 6.04. The molecule has 1 aromatic heterocycles. The van der Waals surface area contributed by atoms with Gasteiger partial charge in [0.2, 0.25) is 0 Å². The number of hydrogen-bond donors (Lipinski definition) is 2. The number of benzene rings is 1. The summed E-state index contributed by atoms with van der Waals surface area (Å²) in [4.78, 5) is 3.74. The van der Waals surface area contributed by atoms with Crippen molar-refractivity contribution in [1.29, 1.82) is 0 Å². The molecule has 0 unspecified atom stereocenters. The molecule has 0 amide bonds. The molecule has 0 atom stereocenters. The van der Waals surface area contributed by atoms with E-state index in [0.717, 1.165) is 0 Å². The topological polar surface area (TPSA) is 85.1 Å². The Bertz CT molecular complexity index is 720. The van der Waals surface area contributed by atoms with Gasteiger partial charge in [0.15, 0.2) is 0 Å². The fourth-order valence-electron chi connectivity index (χ4n) is 1.39. The van der Waals surface area contributed by atoms with Gasteiger partial charge in [-0.15, -0.1) is 0 Å². The first-order valence-electron chi connectivity index (χ1n) is 5.08. The van der Waals surface area contributed by atoms with Crippen molar-refractivity contribution >= 4 is 53.4 Å². The number of para-hydroxylation sites is 1. The number of nitrogens with one attached hydrogen (secondary N) is 1. The van der Waals surface area contributed by atoms with Crippen LogP contribution >= 0.6 is 31.9 Å². The molecule has 5 nitrogen and oxygen atoms in total. The van der Waals surface area contributed by atoms with Gasteiger partial charge in [-0.25, -0.2) is 13.4 Å². The molecule has 0 saturated carbocycles. The fourth-order valence-corrected chi connectivity index (χ4v) is 3.58. The molecule has 19 heavy (non-hydrogen) atoms. The number of rotatable bonds is 3. The van der Waals surface area contributed by atoms with Gasteiger partial charge in [0.1, 0.15) is 10.7 Å². The number of nitrogen functional groups attached to an aromatic ring is 1. The lowest BCUT2D eigenvalue weighted by atomic mass is 10.3. The highest BCUT2D eigenvalue weighted by atomic mass is 79.9. The van der Waals surface area contributed by atoms with Crippen molar-refractivity contribution in [3.05, 3.63) is 45.5 Å². The van der Waals surface area contributed by atoms with Gasteiger partial charge in [0.05, 0.1) is 5.69 Å². The zero-order valence-corrected chi connectivity index (χ0v) is 13.5. The van der Waals surface area contributed by atoms with Crippen LogP contribution in [0.5, 0.6) is 0 Å². The highest BCUT2D eigenvalue weighted by Gasteiger charge is 2.19. The Morgan fingerprint density at radius 1 is 1.21 bits per heavy atom. The van der Waals surface area contributed by atoms with E-state index in [-0.39, 0.29) is 10.7 Å². The molecule has 2 aromatic rings. The Balaban J connectivity index is 2.44. The standard InChI is InChI=1S/C11H9Br2N3O2S/c12-7-5-10(11(14)15-6-7)19(17,18)16-9-4-2-1-3-8(9)13/h1-6,16H,(H2,14,15). The first-order chi connectivity index (χ1) is 8.90. The number of hydrogen-bond acceptors (Lipinski definition) is 4. The van der Waals surface area contributed by atoms with Crippen LogP contribution in [0.4, 0.5) is 11.5 Å². The van der Waals surface area contributed by atoms with E-state index in [4.69, 9.17) is 5.73 Å². The minimum absolute atomic E-state index is 0.0530. The third-order valence-electron chi connectivity index (χ3n) is 2.26. The lowest BCUT2D eigenvalue weighted by molar-refractivity contribution is 0.601. The largest absolute Gasteiger partial charge is 0.383 e. The second-order valence-electron chi connectivity index (χ2n) is 3.62. The molecule has 100 valence electrons. The molecule has 0 saturated heterocycles. The van der Waals surface area contributed by atoms with Crippen molar-refractivity contribution in [3.8, 4) is 0 Å². The number of pyridine rings is 1. The van der Waals surface area contributed by atoms with Crippen molar-refractivity contribution in [2.24, 2.45) is 0 Å². The first-order valence-corrected chi connectivity index (χ1v) is 8.15. The highest BCUT2D eigenvalue weighted by molar-refractivity contribution is 9.10. The normalized spacial score (nSPS) is 11.3. The third-order valence-corrected chi connectivity index (χ3v) is 4.78. The maximum atomic E-state index is 12.3. The Morgan fingerprint density at radius 3 is 2.58 bits per heavy atom. The smallest absolute Gasteiger partial charge is 0.265 e. The van der Waals surface area contributed by atoms with E-state index in [0.29, 0.717) is 14.6 Å². The second kappa shape index (κ2) is 5.48. The molecular formula is C11H9Br2N3O2S. The molecule has 1 aromatic carbocycles. The van der Waals surface area contributed by atoms with Crippen LogP contribution in [0.15, 0.2) is 50.4 Å². The van der Waals surface area contributed by atoms with Crippen molar-refractivity contribution in [2.45, 2.75) is 4.90 Å². The molecule has 0 spiro atoms. The van der Waals surface area contributed by atoms with E-state index in [2.05, 4.69) is 41.6 Å². The van der Waals surface area contributed by atoms with Crippen LogP contribution in [0.3, 0.4) is 0 Å². The predicted octanol–water partition coefficient (Wildman–Crippen LogP) is 2.99. The molecule has 0 bridgehead atoms. The van der Waals surface area contributed by atoms with Gasteiger partial charge < -0.3 is 5.73 Å². The Labute approximate surface area is 127 Å². The number of aromatic nitrogens is 1. The Morgan fingerprint density at radius 2 is 1.89 bits per heavy atom. The van der Waals surface area contributed by atoms with Gasteiger partial charge in [-0.3, -0.25) is 4.72 Å². The van der Waals surface area contributed by atoms with E-state index in [1.807, 2.05) is 0 Å².